The van der Waals surface area contributed by atoms with Crippen LogP contribution in [0.2, 0.25) is 0 Å². The topological polar surface area (TPSA) is 96.8 Å². The van der Waals surface area contributed by atoms with Crippen molar-refractivity contribution >= 4 is 5.91 Å². The zero-order valence-electron chi connectivity index (χ0n) is 13.3. The molecule has 126 valence electrons. The highest BCUT2D eigenvalue weighted by Gasteiger charge is 2.15. The Morgan fingerprint density at radius 1 is 1.08 bits per heavy atom. The summed E-state index contributed by atoms with van der Waals surface area (Å²) in [6.07, 6.45) is 2.71. The Labute approximate surface area is 143 Å². The first kappa shape index (κ1) is 16.4. The van der Waals surface area contributed by atoms with E-state index in [0.29, 0.717) is 12.2 Å². The first-order chi connectivity index (χ1) is 12.1. The largest absolute Gasteiger partial charge is 0.348 e. The Bertz CT molecular complexity index is 978. The van der Waals surface area contributed by atoms with E-state index >= 15 is 0 Å². The summed E-state index contributed by atoms with van der Waals surface area (Å²) < 4.78 is 0.958. The average molecular weight is 336 g/mol. The van der Waals surface area contributed by atoms with Gasteiger partial charge in [0.25, 0.3) is 11.5 Å². The minimum Gasteiger partial charge on any atom is -0.348 e. The van der Waals surface area contributed by atoms with Gasteiger partial charge in [0.15, 0.2) is 0 Å². The molecule has 0 saturated heterocycles. The number of pyridine rings is 1. The van der Waals surface area contributed by atoms with Gasteiger partial charge in [-0.15, -0.1) is 0 Å². The molecule has 7 nitrogen and oxygen atoms in total. The van der Waals surface area contributed by atoms with Crippen molar-refractivity contribution in [3.63, 3.8) is 0 Å². The summed E-state index contributed by atoms with van der Waals surface area (Å²) in [6, 6.07) is 14.5. The monoisotopic (exact) mass is 336 g/mol. The molecule has 0 fully saturated rings. The third-order valence-corrected chi connectivity index (χ3v) is 3.65. The molecule has 3 rings (SSSR count). The number of aromatic amines is 1. The Morgan fingerprint density at radius 3 is 2.56 bits per heavy atom. The average Bonchev–Trinajstić information content (AvgIpc) is 2.65. The van der Waals surface area contributed by atoms with Crippen molar-refractivity contribution in [3.05, 3.63) is 98.6 Å². The number of carbonyl (C=O) groups excluding carboxylic acids is 1. The smallest absolute Gasteiger partial charge is 0.328 e. The van der Waals surface area contributed by atoms with Gasteiger partial charge in [0, 0.05) is 18.9 Å². The third-order valence-electron chi connectivity index (χ3n) is 3.65. The summed E-state index contributed by atoms with van der Waals surface area (Å²) in [7, 11) is 0. The quantitative estimate of drug-likeness (QED) is 0.724. The Balaban J connectivity index is 1.82. The number of carbonyl (C=O) groups is 1. The van der Waals surface area contributed by atoms with Crippen molar-refractivity contribution in [2.24, 2.45) is 0 Å². The van der Waals surface area contributed by atoms with E-state index in [1.54, 1.807) is 24.4 Å². The Morgan fingerprint density at radius 2 is 1.84 bits per heavy atom. The minimum absolute atomic E-state index is 0.00515. The van der Waals surface area contributed by atoms with E-state index in [-0.39, 0.29) is 12.1 Å². The second-order valence-corrected chi connectivity index (χ2v) is 5.39. The Kier molecular flexibility index (Phi) is 4.84. The predicted octanol–water partition coefficient (Wildman–Crippen LogP) is 0.910. The lowest BCUT2D eigenvalue weighted by molar-refractivity contribution is 0.0948. The van der Waals surface area contributed by atoms with Gasteiger partial charge in [-0.2, -0.15) is 0 Å². The van der Waals surface area contributed by atoms with Crippen LogP contribution in [0.5, 0.6) is 0 Å². The van der Waals surface area contributed by atoms with Gasteiger partial charge in [0.1, 0.15) is 5.56 Å². The summed E-state index contributed by atoms with van der Waals surface area (Å²) >= 11 is 0. The van der Waals surface area contributed by atoms with E-state index in [1.165, 1.54) is 0 Å². The van der Waals surface area contributed by atoms with E-state index in [1.807, 2.05) is 30.3 Å². The standard InChI is InChI=1S/C18H16N4O3/c23-16(20-10-13-6-2-1-3-7-13)15-11-21-18(25)22(17(15)24)12-14-8-4-5-9-19-14/h1-9,11H,10,12H2,(H,20,23)(H,21,25). The van der Waals surface area contributed by atoms with Crippen molar-refractivity contribution in [3.8, 4) is 0 Å². The van der Waals surface area contributed by atoms with E-state index in [2.05, 4.69) is 15.3 Å². The van der Waals surface area contributed by atoms with E-state index in [4.69, 9.17) is 0 Å². The van der Waals surface area contributed by atoms with Crippen molar-refractivity contribution in [1.29, 1.82) is 0 Å². The van der Waals surface area contributed by atoms with Crippen LogP contribution in [0.15, 0.2) is 70.5 Å². The van der Waals surface area contributed by atoms with E-state index in [9.17, 15) is 14.4 Å². The van der Waals surface area contributed by atoms with E-state index < -0.39 is 17.2 Å². The SMILES string of the molecule is O=C(NCc1ccccc1)c1c[nH]c(=O)n(Cc2ccccn2)c1=O. The van der Waals surface area contributed by atoms with Gasteiger partial charge in [-0.05, 0) is 17.7 Å². The van der Waals surface area contributed by atoms with Crippen LogP contribution < -0.4 is 16.6 Å². The first-order valence-electron chi connectivity index (χ1n) is 7.69. The molecular formula is C18H16N4O3. The first-order valence-corrected chi connectivity index (χ1v) is 7.69. The van der Waals surface area contributed by atoms with Gasteiger partial charge in [0.05, 0.1) is 12.2 Å². The molecule has 1 aromatic carbocycles. The molecule has 1 amide bonds. The van der Waals surface area contributed by atoms with Gasteiger partial charge in [0.2, 0.25) is 0 Å². The number of nitrogens with zero attached hydrogens (tertiary/aromatic N) is 2. The van der Waals surface area contributed by atoms with Crippen molar-refractivity contribution < 1.29 is 4.79 Å². The molecule has 2 N–H and O–H groups in total. The lowest BCUT2D eigenvalue weighted by Gasteiger charge is -2.08. The summed E-state index contributed by atoms with van der Waals surface area (Å²) in [4.78, 5) is 43.3. The molecule has 0 aliphatic heterocycles. The summed E-state index contributed by atoms with van der Waals surface area (Å²) in [6.45, 7) is 0.285. The van der Waals surface area contributed by atoms with Crippen molar-refractivity contribution in [2.45, 2.75) is 13.1 Å². The van der Waals surface area contributed by atoms with Crippen LogP contribution in [0.1, 0.15) is 21.6 Å². The van der Waals surface area contributed by atoms with Gasteiger partial charge in [-0.1, -0.05) is 36.4 Å². The molecule has 0 spiro atoms. The molecule has 2 heterocycles. The fourth-order valence-electron chi connectivity index (χ4n) is 2.34. The number of hydrogen-bond acceptors (Lipinski definition) is 4. The number of hydrogen-bond donors (Lipinski definition) is 2. The van der Waals surface area contributed by atoms with Crippen molar-refractivity contribution in [1.82, 2.24) is 19.9 Å². The molecular weight excluding hydrogens is 320 g/mol. The van der Waals surface area contributed by atoms with Crippen LogP contribution in [0, 0.1) is 0 Å². The number of nitrogens with one attached hydrogen (secondary N) is 2. The molecule has 0 saturated carbocycles. The minimum atomic E-state index is -0.653. The number of benzene rings is 1. The number of aromatic nitrogens is 3. The van der Waals surface area contributed by atoms with E-state index in [0.717, 1.165) is 16.3 Å². The lowest BCUT2D eigenvalue weighted by atomic mass is 10.2. The van der Waals surface area contributed by atoms with Gasteiger partial charge in [-0.25, -0.2) is 4.79 Å². The summed E-state index contributed by atoms with van der Waals surface area (Å²) in [5, 5.41) is 2.68. The summed E-state index contributed by atoms with van der Waals surface area (Å²) in [5.74, 6) is -0.542. The highest BCUT2D eigenvalue weighted by molar-refractivity contribution is 5.93. The Hall–Kier alpha value is -3.48. The zero-order valence-corrected chi connectivity index (χ0v) is 13.3. The number of rotatable bonds is 5. The van der Waals surface area contributed by atoms with Crippen LogP contribution in [0.25, 0.3) is 0 Å². The normalized spacial score (nSPS) is 10.4. The molecule has 0 radical (unpaired) electrons. The predicted molar refractivity (Wildman–Crippen MR) is 92.3 cm³/mol. The van der Waals surface area contributed by atoms with Gasteiger partial charge < -0.3 is 10.3 Å². The lowest BCUT2D eigenvalue weighted by Crippen LogP contribution is -2.40. The second-order valence-electron chi connectivity index (χ2n) is 5.39. The molecule has 3 aromatic rings. The maximum Gasteiger partial charge on any atom is 0.328 e. The number of H-pyrrole nitrogens is 1. The van der Waals surface area contributed by atoms with Crippen molar-refractivity contribution in [2.75, 3.05) is 0 Å². The van der Waals surface area contributed by atoms with Crippen LogP contribution in [0.4, 0.5) is 0 Å². The van der Waals surface area contributed by atoms with Gasteiger partial charge >= 0.3 is 5.69 Å². The maximum atomic E-state index is 12.5. The molecule has 0 aliphatic carbocycles. The van der Waals surface area contributed by atoms with Gasteiger partial charge in [-0.3, -0.25) is 19.1 Å². The van der Waals surface area contributed by atoms with Crippen LogP contribution in [-0.4, -0.2) is 20.4 Å². The third kappa shape index (κ3) is 3.89. The fraction of sp³-hybridized carbons (Fsp3) is 0.111. The zero-order chi connectivity index (χ0) is 17.6. The molecule has 25 heavy (non-hydrogen) atoms. The van der Waals surface area contributed by atoms with Crippen LogP contribution in [0.3, 0.4) is 0 Å². The van der Waals surface area contributed by atoms with Crippen LogP contribution in [-0.2, 0) is 13.1 Å². The maximum absolute atomic E-state index is 12.5. The highest BCUT2D eigenvalue weighted by Crippen LogP contribution is 1.99. The second kappa shape index (κ2) is 7.39. The molecule has 0 atom stereocenters. The molecule has 7 heteroatoms. The molecule has 0 aliphatic rings. The number of amides is 1. The molecule has 0 unspecified atom stereocenters. The fourth-order valence-corrected chi connectivity index (χ4v) is 2.34. The molecule has 0 bridgehead atoms. The highest BCUT2D eigenvalue weighted by atomic mass is 16.2. The molecule has 2 aromatic heterocycles. The van der Waals surface area contributed by atoms with Crippen LogP contribution >= 0.6 is 0 Å². The summed E-state index contributed by atoms with van der Waals surface area (Å²) in [5.41, 5.74) is 0.104.